The molecule has 9 nitrogen and oxygen atoms in total. The van der Waals surface area contributed by atoms with E-state index in [0.29, 0.717) is 24.5 Å². The van der Waals surface area contributed by atoms with E-state index in [4.69, 9.17) is 16.3 Å². The second-order valence-corrected chi connectivity index (χ2v) is 7.21. The van der Waals surface area contributed by atoms with Crippen LogP contribution in [0.3, 0.4) is 0 Å². The molecule has 10 heteroatoms. The number of ether oxygens (including phenoxy) is 1. The van der Waals surface area contributed by atoms with Crippen LogP contribution in [0.2, 0.25) is 5.02 Å². The molecule has 0 heterocycles. The van der Waals surface area contributed by atoms with Gasteiger partial charge in [0.25, 0.3) is 17.5 Å². The lowest BCUT2D eigenvalue weighted by molar-refractivity contribution is -0.384. The van der Waals surface area contributed by atoms with E-state index in [1.165, 1.54) is 43.5 Å². The highest BCUT2D eigenvalue weighted by Gasteiger charge is 2.25. The first-order valence-electron chi connectivity index (χ1n) is 9.32. The van der Waals surface area contributed by atoms with Crippen LogP contribution >= 0.6 is 11.6 Å². The van der Waals surface area contributed by atoms with E-state index in [1.807, 2.05) is 0 Å². The number of rotatable bonds is 9. The van der Waals surface area contributed by atoms with Crippen molar-refractivity contribution in [3.8, 4) is 0 Å². The summed E-state index contributed by atoms with van der Waals surface area (Å²) in [6.45, 7) is 0.715. The topological polar surface area (TPSA) is 123 Å². The van der Waals surface area contributed by atoms with Crippen molar-refractivity contribution in [3.63, 3.8) is 0 Å². The Balaban J connectivity index is 1.71. The summed E-state index contributed by atoms with van der Waals surface area (Å²) in [6.07, 6.45) is 1.95. The van der Waals surface area contributed by atoms with Gasteiger partial charge in [0.2, 0.25) is 0 Å². The first-order valence-corrected chi connectivity index (χ1v) is 9.70. The molecule has 3 N–H and O–H groups in total. The molecule has 30 heavy (non-hydrogen) atoms. The number of nitro benzene ring substituents is 1. The number of nitrogens with zero attached hydrogens (tertiary/aromatic N) is 1. The fourth-order valence-corrected chi connectivity index (χ4v) is 3.00. The number of nitro groups is 1. The van der Waals surface area contributed by atoms with E-state index < -0.39 is 10.8 Å². The lowest BCUT2D eigenvalue weighted by Gasteiger charge is -2.10. The Hall–Kier alpha value is -3.17. The van der Waals surface area contributed by atoms with Crippen molar-refractivity contribution in [2.45, 2.75) is 18.9 Å². The van der Waals surface area contributed by atoms with Crippen molar-refractivity contribution >= 4 is 40.5 Å². The molecule has 1 fully saturated rings. The maximum Gasteiger partial charge on any atom is 0.293 e. The van der Waals surface area contributed by atoms with Gasteiger partial charge < -0.3 is 20.7 Å². The Morgan fingerprint density at radius 2 is 1.97 bits per heavy atom. The zero-order valence-electron chi connectivity index (χ0n) is 16.2. The van der Waals surface area contributed by atoms with Gasteiger partial charge in [-0.15, -0.1) is 0 Å². The van der Waals surface area contributed by atoms with E-state index in [9.17, 15) is 19.7 Å². The summed E-state index contributed by atoms with van der Waals surface area (Å²) in [5, 5.41) is 19.9. The molecule has 0 bridgehead atoms. The number of benzene rings is 2. The van der Waals surface area contributed by atoms with Gasteiger partial charge in [0.05, 0.1) is 22.1 Å². The van der Waals surface area contributed by atoms with Gasteiger partial charge in [0.1, 0.15) is 5.69 Å². The monoisotopic (exact) mass is 432 g/mol. The number of hydrogen-bond acceptors (Lipinski definition) is 6. The van der Waals surface area contributed by atoms with E-state index in [0.717, 1.165) is 12.8 Å². The molecule has 2 aromatic carbocycles. The van der Waals surface area contributed by atoms with Gasteiger partial charge in [-0.1, -0.05) is 11.6 Å². The minimum absolute atomic E-state index is 0.139. The van der Waals surface area contributed by atoms with E-state index in [2.05, 4.69) is 16.0 Å². The molecule has 0 aliphatic heterocycles. The third-order valence-electron chi connectivity index (χ3n) is 4.46. The highest BCUT2D eigenvalue weighted by atomic mass is 35.5. The molecule has 2 amide bonds. The number of amides is 2. The van der Waals surface area contributed by atoms with Gasteiger partial charge >= 0.3 is 0 Å². The summed E-state index contributed by atoms with van der Waals surface area (Å²) < 4.78 is 4.87. The Kier molecular flexibility index (Phi) is 6.86. The lowest BCUT2D eigenvalue weighted by atomic mass is 10.1. The summed E-state index contributed by atoms with van der Waals surface area (Å²) in [4.78, 5) is 35.5. The molecule has 1 saturated carbocycles. The van der Waals surface area contributed by atoms with Gasteiger partial charge in [0.15, 0.2) is 0 Å². The van der Waals surface area contributed by atoms with Gasteiger partial charge in [-0.05, 0) is 43.2 Å². The third-order valence-corrected chi connectivity index (χ3v) is 4.77. The number of hydrogen-bond donors (Lipinski definition) is 3. The van der Waals surface area contributed by atoms with E-state index in [-0.39, 0.29) is 33.8 Å². The van der Waals surface area contributed by atoms with Crippen LogP contribution in [0.1, 0.15) is 33.6 Å². The van der Waals surface area contributed by atoms with E-state index >= 15 is 0 Å². The van der Waals surface area contributed by atoms with Crippen molar-refractivity contribution in [3.05, 3.63) is 62.7 Å². The Labute approximate surface area is 177 Å². The van der Waals surface area contributed by atoms with Crippen LogP contribution in [-0.2, 0) is 4.74 Å². The van der Waals surface area contributed by atoms with Crippen molar-refractivity contribution < 1.29 is 19.2 Å². The summed E-state index contributed by atoms with van der Waals surface area (Å²) in [5.74, 6) is -0.881. The number of carbonyl (C=O) groups is 2. The molecule has 0 spiro atoms. The smallest absolute Gasteiger partial charge is 0.293 e. The first kappa shape index (κ1) is 21.5. The summed E-state index contributed by atoms with van der Waals surface area (Å²) in [7, 11) is 1.53. The fourth-order valence-electron chi connectivity index (χ4n) is 2.74. The van der Waals surface area contributed by atoms with Gasteiger partial charge in [-0.3, -0.25) is 19.7 Å². The first-order chi connectivity index (χ1) is 14.4. The minimum atomic E-state index is -0.524. The molecular weight excluding hydrogens is 412 g/mol. The number of anilines is 2. The van der Waals surface area contributed by atoms with Crippen LogP contribution in [0.4, 0.5) is 17.1 Å². The molecule has 0 radical (unpaired) electrons. The van der Waals surface area contributed by atoms with Crippen LogP contribution < -0.4 is 16.0 Å². The maximum absolute atomic E-state index is 12.5. The average molecular weight is 433 g/mol. The van der Waals surface area contributed by atoms with Crippen LogP contribution in [0, 0.1) is 10.1 Å². The van der Waals surface area contributed by atoms with Crippen molar-refractivity contribution in [2.24, 2.45) is 0 Å². The molecule has 0 saturated heterocycles. The minimum Gasteiger partial charge on any atom is -0.383 e. The normalized spacial score (nSPS) is 12.9. The SMILES string of the molecule is COCCNC(=O)c1ccc(NC(=O)c2ccc(NC3CC3)c([N+](=O)[O-])c2)cc1Cl. The zero-order chi connectivity index (χ0) is 21.7. The second kappa shape index (κ2) is 9.55. The number of methoxy groups -OCH3 is 1. The average Bonchev–Trinajstić information content (AvgIpc) is 3.52. The largest absolute Gasteiger partial charge is 0.383 e. The molecule has 3 rings (SSSR count). The molecule has 0 aromatic heterocycles. The lowest BCUT2D eigenvalue weighted by Crippen LogP contribution is -2.27. The zero-order valence-corrected chi connectivity index (χ0v) is 17.0. The maximum atomic E-state index is 12.5. The van der Waals surface area contributed by atoms with Crippen molar-refractivity contribution in [1.29, 1.82) is 0 Å². The van der Waals surface area contributed by atoms with Gasteiger partial charge in [0, 0.05) is 37.0 Å². The van der Waals surface area contributed by atoms with Crippen LogP contribution in [0.5, 0.6) is 0 Å². The highest BCUT2D eigenvalue weighted by molar-refractivity contribution is 6.34. The van der Waals surface area contributed by atoms with Crippen LogP contribution in [0.15, 0.2) is 36.4 Å². The van der Waals surface area contributed by atoms with Crippen LogP contribution in [-0.4, -0.2) is 43.0 Å². The fraction of sp³-hybridized carbons (Fsp3) is 0.300. The van der Waals surface area contributed by atoms with Crippen LogP contribution in [0.25, 0.3) is 0 Å². The summed E-state index contributed by atoms with van der Waals surface area (Å²) in [5.41, 5.74) is 1.00. The van der Waals surface area contributed by atoms with E-state index in [1.54, 1.807) is 0 Å². The Bertz CT molecular complexity index is 978. The number of halogens is 1. The van der Waals surface area contributed by atoms with Gasteiger partial charge in [-0.2, -0.15) is 0 Å². The van der Waals surface area contributed by atoms with Crippen molar-refractivity contribution in [2.75, 3.05) is 30.9 Å². The molecule has 0 unspecified atom stereocenters. The van der Waals surface area contributed by atoms with Crippen molar-refractivity contribution in [1.82, 2.24) is 5.32 Å². The standard InChI is InChI=1S/C20H21ClN4O5/c1-30-9-8-22-20(27)15-6-5-14(11-16(15)21)24-19(26)12-2-7-17(23-13-3-4-13)18(10-12)25(28)29/h2,5-7,10-11,13,23H,3-4,8-9H2,1H3,(H,22,27)(H,24,26). The molecule has 158 valence electrons. The summed E-state index contributed by atoms with van der Waals surface area (Å²) >= 11 is 6.17. The highest BCUT2D eigenvalue weighted by Crippen LogP contribution is 2.32. The molecule has 1 aliphatic rings. The predicted molar refractivity (Wildman–Crippen MR) is 113 cm³/mol. The quantitative estimate of drug-likeness (QED) is 0.317. The second-order valence-electron chi connectivity index (χ2n) is 6.81. The Morgan fingerprint density at radius 3 is 2.60 bits per heavy atom. The molecule has 2 aromatic rings. The number of carbonyl (C=O) groups excluding carboxylic acids is 2. The molecule has 0 atom stereocenters. The number of nitrogens with one attached hydrogen (secondary N) is 3. The predicted octanol–water partition coefficient (Wildman–Crippen LogP) is 3.45. The Morgan fingerprint density at radius 1 is 1.20 bits per heavy atom. The molecule has 1 aliphatic carbocycles. The summed E-state index contributed by atoms with van der Waals surface area (Å²) in [6, 6.07) is 9.01. The molecular formula is C20H21ClN4O5. The third kappa shape index (κ3) is 5.46. The van der Waals surface area contributed by atoms with Gasteiger partial charge in [-0.25, -0.2) is 0 Å².